The summed E-state index contributed by atoms with van der Waals surface area (Å²) < 4.78 is 12.2. The Morgan fingerprint density at radius 1 is 1.03 bits per heavy atom. The first-order chi connectivity index (χ1) is 17.9. The first-order valence-electron chi connectivity index (χ1n) is 11.7. The van der Waals surface area contributed by atoms with E-state index in [2.05, 4.69) is 5.32 Å². The lowest BCUT2D eigenvalue weighted by molar-refractivity contribution is -0.122. The van der Waals surface area contributed by atoms with E-state index in [0.717, 1.165) is 21.4 Å². The summed E-state index contributed by atoms with van der Waals surface area (Å²) in [4.78, 5) is 51.6. The molecule has 2 aromatic heterocycles. The Morgan fingerprint density at radius 2 is 1.78 bits per heavy atom. The van der Waals surface area contributed by atoms with Crippen molar-refractivity contribution < 1.29 is 28.3 Å². The third-order valence-corrected chi connectivity index (χ3v) is 6.21. The number of hydrogen-bond donors (Lipinski definition) is 1. The van der Waals surface area contributed by atoms with E-state index in [1.165, 1.54) is 13.2 Å². The molecule has 0 spiro atoms. The zero-order valence-electron chi connectivity index (χ0n) is 20.2. The lowest BCUT2D eigenvalue weighted by Gasteiger charge is -2.27. The maximum atomic E-state index is 13.5. The van der Waals surface area contributed by atoms with Gasteiger partial charge in [-0.25, -0.2) is 14.5 Å². The highest BCUT2D eigenvalue weighted by Gasteiger charge is 2.37. The first-order valence-corrected chi connectivity index (χ1v) is 11.7. The smallest absolute Gasteiger partial charge is 0.373 e. The molecule has 4 amide bonds. The number of fused-ring (bicyclic) bond motifs is 1. The van der Waals surface area contributed by atoms with Crippen LogP contribution in [0.5, 0.6) is 0 Å². The Hall–Kier alpha value is -4.92. The number of rotatable bonds is 6. The fourth-order valence-electron chi connectivity index (χ4n) is 4.42. The second kappa shape index (κ2) is 9.62. The number of barbiturate groups is 1. The summed E-state index contributed by atoms with van der Waals surface area (Å²) in [5, 5.41) is 3.09. The molecule has 1 N–H and O–H groups in total. The Balaban J connectivity index is 1.54. The number of furan rings is 1. The molecule has 0 saturated carbocycles. The van der Waals surface area contributed by atoms with Crippen LogP contribution in [0.3, 0.4) is 0 Å². The van der Waals surface area contributed by atoms with Crippen LogP contribution < -0.4 is 10.2 Å². The lowest BCUT2D eigenvalue weighted by Crippen LogP contribution is -2.54. The largest absolute Gasteiger partial charge is 0.463 e. The number of benzene rings is 2. The molecule has 1 saturated heterocycles. The number of para-hydroxylation sites is 2. The molecule has 1 aliphatic heterocycles. The molecule has 4 aromatic rings. The number of carbonyl (C=O) groups excluding carboxylic acids is 4. The van der Waals surface area contributed by atoms with Crippen molar-refractivity contribution in [1.29, 1.82) is 0 Å². The second-order valence-corrected chi connectivity index (χ2v) is 8.43. The quantitative estimate of drug-likeness (QED) is 0.242. The van der Waals surface area contributed by atoms with Gasteiger partial charge in [-0.3, -0.25) is 14.9 Å². The standard InChI is InChI=1S/C28H23N3O6/c1-3-17-8-4-6-10-22(17)31-26(33)21(25(32)29-28(31)35)14-18-15-30(23-11-7-5-9-20(18)23)16-19-12-13-24(37-19)27(34)36-2/h4-15H,3,16H2,1-2H3,(H,29,32,35)/b21-14+. The van der Waals surface area contributed by atoms with Gasteiger partial charge in [0.2, 0.25) is 5.76 Å². The van der Waals surface area contributed by atoms with Gasteiger partial charge >= 0.3 is 12.0 Å². The molecule has 1 aliphatic rings. The zero-order chi connectivity index (χ0) is 26.1. The van der Waals surface area contributed by atoms with Crippen LogP contribution in [0.25, 0.3) is 17.0 Å². The van der Waals surface area contributed by atoms with Gasteiger partial charge < -0.3 is 13.7 Å². The fraction of sp³-hybridized carbons (Fsp3) is 0.143. The Labute approximate surface area is 211 Å². The van der Waals surface area contributed by atoms with Crippen LogP contribution in [-0.4, -0.2) is 35.5 Å². The van der Waals surface area contributed by atoms with Crippen molar-refractivity contribution in [3.8, 4) is 0 Å². The van der Waals surface area contributed by atoms with E-state index >= 15 is 0 Å². The summed E-state index contributed by atoms with van der Waals surface area (Å²) in [5.41, 5.74) is 2.54. The zero-order valence-corrected chi connectivity index (χ0v) is 20.2. The number of urea groups is 1. The number of esters is 1. The van der Waals surface area contributed by atoms with Crippen LogP contribution in [0.1, 0.15) is 34.4 Å². The number of amides is 4. The molecule has 0 radical (unpaired) electrons. The fourth-order valence-corrected chi connectivity index (χ4v) is 4.42. The minimum Gasteiger partial charge on any atom is -0.463 e. The van der Waals surface area contributed by atoms with Gasteiger partial charge in [0.05, 0.1) is 19.3 Å². The van der Waals surface area contributed by atoms with Crippen LogP contribution in [0.4, 0.5) is 10.5 Å². The van der Waals surface area contributed by atoms with Gasteiger partial charge in [-0.05, 0) is 42.3 Å². The molecule has 37 heavy (non-hydrogen) atoms. The first kappa shape index (κ1) is 23.8. The van der Waals surface area contributed by atoms with Gasteiger partial charge in [-0.15, -0.1) is 0 Å². The van der Waals surface area contributed by atoms with Crippen LogP contribution in [-0.2, 0) is 27.3 Å². The molecule has 9 nitrogen and oxygen atoms in total. The number of methoxy groups -OCH3 is 1. The van der Waals surface area contributed by atoms with Gasteiger partial charge in [0, 0.05) is 22.7 Å². The van der Waals surface area contributed by atoms with E-state index in [9.17, 15) is 19.2 Å². The van der Waals surface area contributed by atoms with Gasteiger partial charge in [-0.2, -0.15) is 0 Å². The third kappa shape index (κ3) is 4.31. The molecular formula is C28H23N3O6. The van der Waals surface area contributed by atoms with Crippen molar-refractivity contribution >= 4 is 46.5 Å². The molecule has 0 unspecified atom stereocenters. The van der Waals surface area contributed by atoms with Gasteiger partial charge in [0.15, 0.2) is 0 Å². The monoisotopic (exact) mass is 497 g/mol. The lowest BCUT2D eigenvalue weighted by atomic mass is 10.0. The Morgan fingerprint density at radius 3 is 2.57 bits per heavy atom. The topological polar surface area (TPSA) is 111 Å². The average Bonchev–Trinajstić information content (AvgIpc) is 3.51. The van der Waals surface area contributed by atoms with Gasteiger partial charge in [0.1, 0.15) is 11.3 Å². The maximum absolute atomic E-state index is 13.5. The normalized spacial score (nSPS) is 14.9. The number of hydrogen-bond acceptors (Lipinski definition) is 6. The predicted molar refractivity (Wildman–Crippen MR) is 136 cm³/mol. The van der Waals surface area contributed by atoms with Crippen molar-refractivity contribution in [2.45, 2.75) is 19.9 Å². The van der Waals surface area contributed by atoms with Crippen molar-refractivity contribution in [3.05, 3.63) is 95.1 Å². The average molecular weight is 498 g/mol. The second-order valence-electron chi connectivity index (χ2n) is 8.43. The summed E-state index contributed by atoms with van der Waals surface area (Å²) >= 11 is 0. The maximum Gasteiger partial charge on any atom is 0.373 e. The predicted octanol–water partition coefficient (Wildman–Crippen LogP) is 4.30. The number of anilines is 1. The molecule has 1 fully saturated rings. The molecule has 0 bridgehead atoms. The highest BCUT2D eigenvalue weighted by molar-refractivity contribution is 6.39. The minimum atomic E-state index is -0.783. The highest BCUT2D eigenvalue weighted by atomic mass is 16.5. The molecular weight excluding hydrogens is 474 g/mol. The third-order valence-electron chi connectivity index (χ3n) is 6.21. The van der Waals surface area contributed by atoms with E-state index in [-0.39, 0.29) is 11.3 Å². The number of nitrogens with zero attached hydrogens (tertiary/aromatic N) is 2. The summed E-state index contributed by atoms with van der Waals surface area (Å²) in [6.45, 7) is 2.23. The van der Waals surface area contributed by atoms with E-state index in [1.54, 1.807) is 30.5 Å². The number of aryl methyl sites for hydroxylation is 1. The van der Waals surface area contributed by atoms with Crippen molar-refractivity contribution in [2.75, 3.05) is 12.0 Å². The molecule has 186 valence electrons. The van der Waals surface area contributed by atoms with E-state index < -0.39 is 23.8 Å². The van der Waals surface area contributed by atoms with Crippen LogP contribution in [0.2, 0.25) is 0 Å². The minimum absolute atomic E-state index is 0.0953. The van der Waals surface area contributed by atoms with E-state index in [1.807, 2.05) is 47.9 Å². The SMILES string of the molecule is CCc1ccccc1N1C(=O)NC(=O)/C(=C\c2cn(Cc3ccc(C(=O)OC)o3)c3ccccc23)C1=O. The number of carbonyl (C=O) groups is 4. The number of imide groups is 2. The van der Waals surface area contributed by atoms with Crippen LogP contribution in [0.15, 0.2) is 76.9 Å². The van der Waals surface area contributed by atoms with E-state index in [4.69, 9.17) is 9.15 Å². The number of nitrogens with one attached hydrogen (secondary N) is 1. The summed E-state index contributed by atoms with van der Waals surface area (Å²) in [6, 6.07) is 17.0. The molecule has 2 aromatic carbocycles. The molecule has 5 rings (SSSR count). The molecule has 9 heteroatoms. The summed E-state index contributed by atoms with van der Waals surface area (Å²) in [5.74, 6) is -1.40. The van der Waals surface area contributed by atoms with Crippen molar-refractivity contribution in [2.24, 2.45) is 0 Å². The summed E-state index contributed by atoms with van der Waals surface area (Å²) in [6.07, 6.45) is 3.89. The van der Waals surface area contributed by atoms with E-state index in [0.29, 0.717) is 30.0 Å². The van der Waals surface area contributed by atoms with Crippen molar-refractivity contribution in [1.82, 2.24) is 9.88 Å². The molecule has 3 heterocycles. The number of aromatic nitrogens is 1. The molecule has 0 atom stereocenters. The van der Waals surface area contributed by atoms with Gasteiger partial charge in [-0.1, -0.05) is 43.3 Å². The van der Waals surface area contributed by atoms with Crippen LogP contribution in [0, 0.1) is 0 Å². The number of ether oxygens (including phenoxy) is 1. The van der Waals surface area contributed by atoms with Crippen LogP contribution >= 0.6 is 0 Å². The highest BCUT2D eigenvalue weighted by Crippen LogP contribution is 2.29. The molecule has 0 aliphatic carbocycles. The summed E-state index contributed by atoms with van der Waals surface area (Å²) in [7, 11) is 1.28. The van der Waals surface area contributed by atoms with Crippen molar-refractivity contribution in [3.63, 3.8) is 0 Å². The Kier molecular flexibility index (Phi) is 6.19. The Bertz CT molecular complexity index is 1590. The van der Waals surface area contributed by atoms with Gasteiger partial charge in [0.25, 0.3) is 11.8 Å².